The zero-order valence-electron chi connectivity index (χ0n) is 66.6. The molecule has 20 rings (SSSR count). The molecule has 0 fully saturated rings. The lowest BCUT2D eigenvalue weighted by Gasteiger charge is -2.29. The normalized spacial score (nSPS) is 12.0. The van der Waals surface area contributed by atoms with Crippen LogP contribution < -0.4 is 19.6 Å². The Balaban J connectivity index is 0.797. The Morgan fingerprint density at radius 3 is 0.690 bits per heavy atom. The minimum atomic E-state index is -0.0481. The minimum absolute atomic E-state index is 0.0457. The van der Waals surface area contributed by atoms with Crippen molar-refractivity contribution < 1.29 is 0 Å². The maximum Gasteiger partial charge on any atom is 0.0568 e. The maximum absolute atomic E-state index is 2.55. The molecule has 0 spiro atoms. The fraction of sp³-hybridized carbons (Fsp3) is 0.0909. The second-order valence-corrected chi connectivity index (χ2v) is 33.1. The summed E-state index contributed by atoms with van der Waals surface area (Å²) in [6.45, 7) is 18.2. The van der Waals surface area contributed by atoms with Crippen molar-refractivity contribution in [2.75, 3.05) is 19.6 Å². The number of nitrogens with zero attached hydrogens (tertiary/aromatic N) is 6. The second-order valence-electron chi connectivity index (χ2n) is 33.1. The molecule has 116 heavy (non-hydrogen) atoms. The van der Waals surface area contributed by atoms with E-state index in [1.807, 2.05) is 0 Å². The van der Waals surface area contributed by atoms with Gasteiger partial charge in [-0.2, -0.15) is 0 Å². The third kappa shape index (κ3) is 12.3. The van der Waals surface area contributed by atoms with Gasteiger partial charge in [0.2, 0.25) is 0 Å². The monoisotopic (exact) mass is 1490 g/mol. The smallest absolute Gasteiger partial charge is 0.0568 e. The van der Waals surface area contributed by atoms with Gasteiger partial charge in [-0.1, -0.05) is 284 Å². The SMILES string of the molecule is Cc1cccc(N(c2ccccc2)c2cc3c(c4ccccc24)c2c4ccccc4c(N(c4cccc(C)c4)c4cccc(-c5cccc(N(c6ccccc6)c6cc7c(c8ccccc68)c6c8ccccc8c(N(c8ccccc8)c8ccccc8)cc6n7-c6ccc(C(C)(C)C)cc6)c5)c4)cc2n3-c2ccc(C(C)(C)C)cc2)c1. The van der Waals surface area contributed by atoms with Crippen molar-refractivity contribution in [2.24, 2.45) is 0 Å². The van der Waals surface area contributed by atoms with Crippen molar-refractivity contribution in [3.05, 3.63) is 411 Å². The van der Waals surface area contributed by atoms with E-state index in [2.05, 4.69) is 472 Å². The third-order valence-electron chi connectivity index (χ3n) is 23.5. The summed E-state index contributed by atoms with van der Waals surface area (Å²) >= 11 is 0. The van der Waals surface area contributed by atoms with Gasteiger partial charge in [-0.05, 0) is 225 Å². The number of benzene rings is 18. The van der Waals surface area contributed by atoms with E-state index in [-0.39, 0.29) is 10.8 Å². The summed E-state index contributed by atoms with van der Waals surface area (Å²) in [7, 11) is 0. The van der Waals surface area contributed by atoms with Gasteiger partial charge in [0.1, 0.15) is 0 Å². The molecule has 0 aliphatic rings. The van der Waals surface area contributed by atoms with Gasteiger partial charge in [0.15, 0.2) is 0 Å². The van der Waals surface area contributed by atoms with Gasteiger partial charge in [-0.25, -0.2) is 0 Å². The van der Waals surface area contributed by atoms with E-state index in [4.69, 9.17) is 0 Å². The molecule has 0 aliphatic heterocycles. The number of anilines is 12. The van der Waals surface area contributed by atoms with E-state index < -0.39 is 0 Å². The summed E-state index contributed by atoms with van der Waals surface area (Å²) in [5.41, 5.74) is 26.6. The van der Waals surface area contributed by atoms with Crippen molar-refractivity contribution in [3.8, 4) is 22.5 Å². The molecule has 6 nitrogen and oxygen atoms in total. The van der Waals surface area contributed by atoms with E-state index in [1.165, 1.54) is 76.1 Å². The highest BCUT2D eigenvalue weighted by atomic mass is 15.2. The van der Waals surface area contributed by atoms with Crippen molar-refractivity contribution in [1.29, 1.82) is 0 Å². The summed E-state index contributed by atoms with van der Waals surface area (Å²) in [6, 6.07) is 145. The number of hydrogen-bond donors (Lipinski definition) is 0. The van der Waals surface area contributed by atoms with E-state index >= 15 is 0 Å². The van der Waals surface area contributed by atoms with E-state index in [0.717, 1.165) is 124 Å². The van der Waals surface area contributed by atoms with Crippen LogP contribution in [0.5, 0.6) is 0 Å². The van der Waals surface area contributed by atoms with Crippen LogP contribution >= 0.6 is 0 Å². The Morgan fingerprint density at radius 2 is 0.422 bits per heavy atom. The standard InChI is InChI=1S/C110H88N6/c1-73-33-29-45-85(65-73)112(81-41-17-11-18-42-81)98-70-102-106(94-54-26-22-50-90(94)98)108-96-56-28-24-52-92(96)100(72-104(108)116(102)84-63-59-78(60-64-84)110(6,7)8)114(86-46-30-34-74(2)66-86)88-48-32-36-76(68-88)75-35-31-47-87(67-75)113(82-43-19-12-20-44-82)99-71-103-107(95-55-27-23-51-91(95)99)105-93-53-25-21-49-89(93)97(111(79-37-13-9-14-38-79)80-39-15-10-16-40-80)69-101(105)115(103)83-61-57-77(58-62-83)109(3,4)5/h9-72H,1-8H3. The lowest BCUT2D eigenvalue weighted by molar-refractivity contribution is 0.590. The highest BCUT2D eigenvalue weighted by Crippen LogP contribution is 2.54. The summed E-state index contributed by atoms with van der Waals surface area (Å²) < 4.78 is 5.09. The fourth-order valence-electron chi connectivity index (χ4n) is 18.1. The number of aromatic nitrogens is 2. The van der Waals surface area contributed by atoms with Crippen LogP contribution in [0.3, 0.4) is 0 Å². The molecule has 0 radical (unpaired) electrons. The predicted molar refractivity (Wildman–Crippen MR) is 496 cm³/mol. The predicted octanol–water partition coefficient (Wildman–Crippen LogP) is 31.3. The quantitative estimate of drug-likeness (QED) is 0.102. The molecule has 558 valence electrons. The second kappa shape index (κ2) is 28.5. The molecule has 0 unspecified atom stereocenters. The Kier molecular flexibility index (Phi) is 17.4. The average Bonchev–Trinajstić information content (AvgIpc) is 1.55. The Hall–Kier alpha value is -14.2. The highest BCUT2D eigenvalue weighted by Gasteiger charge is 2.30. The fourth-order valence-corrected chi connectivity index (χ4v) is 18.1. The van der Waals surface area contributed by atoms with Crippen LogP contribution in [-0.2, 0) is 10.8 Å². The first-order valence-corrected chi connectivity index (χ1v) is 40.5. The van der Waals surface area contributed by atoms with Crippen LogP contribution in [0.1, 0.15) is 63.8 Å². The van der Waals surface area contributed by atoms with Gasteiger partial charge < -0.3 is 28.7 Å². The maximum atomic E-state index is 2.55. The number of rotatable bonds is 15. The molecule has 0 N–H and O–H groups in total. The molecule has 20 aromatic rings. The van der Waals surface area contributed by atoms with Crippen LogP contribution in [0, 0.1) is 13.8 Å². The lowest BCUT2D eigenvalue weighted by Crippen LogP contribution is -2.12. The molecule has 0 atom stereocenters. The van der Waals surface area contributed by atoms with Crippen LogP contribution in [0.15, 0.2) is 388 Å². The molecule has 6 heteroatoms. The van der Waals surface area contributed by atoms with Crippen molar-refractivity contribution in [1.82, 2.24) is 9.13 Å². The first-order valence-electron chi connectivity index (χ1n) is 40.5. The molecule has 2 heterocycles. The van der Waals surface area contributed by atoms with E-state index in [9.17, 15) is 0 Å². The van der Waals surface area contributed by atoms with Crippen molar-refractivity contribution >= 4 is 155 Å². The van der Waals surface area contributed by atoms with E-state index in [0.29, 0.717) is 0 Å². The molecule has 2 aromatic heterocycles. The molecular formula is C110H88N6. The van der Waals surface area contributed by atoms with Crippen LogP contribution in [-0.4, -0.2) is 9.13 Å². The zero-order chi connectivity index (χ0) is 78.5. The van der Waals surface area contributed by atoms with Crippen molar-refractivity contribution in [2.45, 2.75) is 66.2 Å². The number of fused-ring (bicyclic) bond motifs is 14. The molecule has 0 saturated carbocycles. The summed E-state index contributed by atoms with van der Waals surface area (Å²) in [5, 5.41) is 14.2. The summed E-state index contributed by atoms with van der Waals surface area (Å²) in [4.78, 5) is 9.86. The topological polar surface area (TPSA) is 22.8 Å². The van der Waals surface area contributed by atoms with Crippen LogP contribution in [0.2, 0.25) is 0 Å². The van der Waals surface area contributed by atoms with E-state index in [1.54, 1.807) is 0 Å². The average molecular weight is 1490 g/mol. The van der Waals surface area contributed by atoms with Gasteiger partial charge in [0, 0.05) is 100.0 Å². The van der Waals surface area contributed by atoms with Gasteiger partial charge in [0.05, 0.1) is 44.8 Å². The zero-order valence-corrected chi connectivity index (χ0v) is 66.6. The summed E-state index contributed by atoms with van der Waals surface area (Å²) in [5.74, 6) is 0. The molecule has 0 amide bonds. The Labute approximate surface area is 678 Å². The van der Waals surface area contributed by atoms with Gasteiger partial charge in [-0.3, -0.25) is 0 Å². The molecule has 0 bridgehead atoms. The summed E-state index contributed by atoms with van der Waals surface area (Å²) in [6.07, 6.45) is 0. The third-order valence-corrected chi connectivity index (χ3v) is 23.5. The number of aryl methyl sites for hydroxylation is 2. The highest BCUT2D eigenvalue weighted by molar-refractivity contribution is 6.34. The van der Waals surface area contributed by atoms with Crippen LogP contribution in [0.4, 0.5) is 68.2 Å². The number of hydrogen-bond acceptors (Lipinski definition) is 4. The van der Waals surface area contributed by atoms with Gasteiger partial charge in [-0.15, -0.1) is 0 Å². The largest absolute Gasteiger partial charge is 0.310 e. The number of para-hydroxylation sites is 4. The first kappa shape index (κ1) is 70.9. The Morgan fingerprint density at radius 1 is 0.198 bits per heavy atom. The Bertz CT molecular complexity index is 7130. The molecule has 18 aromatic carbocycles. The van der Waals surface area contributed by atoms with Gasteiger partial charge >= 0.3 is 0 Å². The van der Waals surface area contributed by atoms with Crippen LogP contribution in [0.25, 0.3) is 109 Å². The lowest BCUT2D eigenvalue weighted by atomic mass is 9.87. The van der Waals surface area contributed by atoms with Gasteiger partial charge in [0.25, 0.3) is 0 Å². The molecule has 0 aliphatic carbocycles. The molecular weight excluding hydrogens is 1410 g/mol. The first-order chi connectivity index (χ1) is 56.7. The van der Waals surface area contributed by atoms with Crippen molar-refractivity contribution in [3.63, 3.8) is 0 Å². The minimum Gasteiger partial charge on any atom is -0.310 e. The molecule has 0 saturated heterocycles.